The topological polar surface area (TPSA) is 105 Å². The number of aromatic nitrogens is 3. The number of piperidine rings is 1. The number of ether oxygens (including phenoxy) is 2. The van der Waals surface area contributed by atoms with Crippen LogP contribution in [0.4, 0.5) is 16.4 Å². The lowest BCUT2D eigenvalue weighted by Crippen LogP contribution is -2.47. The highest BCUT2D eigenvalue weighted by Crippen LogP contribution is 2.27. The van der Waals surface area contributed by atoms with Crippen LogP contribution in [0.5, 0.6) is 0 Å². The van der Waals surface area contributed by atoms with Gasteiger partial charge in [-0.25, -0.2) is 9.31 Å². The van der Waals surface area contributed by atoms with E-state index in [9.17, 15) is 9.59 Å². The lowest BCUT2D eigenvalue weighted by atomic mass is 10.0. The number of hydrogen-bond donors (Lipinski definition) is 1. The molecular weight excluding hydrogens is 522 g/mol. The molecule has 0 atom stereocenters. The molecule has 41 heavy (non-hydrogen) atoms. The van der Waals surface area contributed by atoms with Crippen LogP contribution in [0.2, 0.25) is 0 Å². The molecular formula is C30H41N7O4. The lowest BCUT2D eigenvalue weighted by Gasteiger charge is -2.37. The number of pyridine rings is 1. The molecule has 1 aromatic carbocycles. The maximum absolute atomic E-state index is 13.5. The molecule has 3 aromatic rings. The molecule has 2 aliphatic rings. The molecule has 0 unspecified atom stereocenters. The Balaban J connectivity index is 0.00000405. The summed E-state index contributed by atoms with van der Waals surface area (Å²) in [5.41, 5.74) is 4.30. The van der Waals surface area contributed by atoms with E-state index in [1.165, 1.54) is 0 Å². The van der Waals surface area contributed by atoms with Crippen molar-refractivity contribution in [3.63, 3.8) is 0 Å². The number of rotatable bonds is 9. The summed E-state index contributed by atoms with van der Waals surface area (Å²) in [6.07, 6.45) is 6.27. The fourth-order valence-corrected chi connectivity index (χ4v) is 5.44. The molecule has 0 bridgehead atoms. The second-order valence-corrected chi connectivity index (χ2v) is 10.5. The standard InChI is InChI=1S/C30H39N7O4.H2/c1-4-41-30(39)35-18-11-22(12-19-35)26-6-5-15-37-27(26)32-29(33-37)31-24-9-7-23(8-10-24)28(38)36(20-21-40-3)25-13-16-34(2)17-14-25;/h5-11,15,25H,4,12-14,16-21H2,1-3H3,(H,31,33);1H. The Morgan fingerprint density at radius 3 is 2.61 bits per heavy atom. The number of carbonyl (C=O) groups is 2. The Hall–Kier alpha value is -3.96. The van der Waals surface area contributed by atoms with Crippen molar-refractivity contribution >= 4 is 34.9 Å². The van der Waals surface area contributed by atoms with Crippen molar-refractivity contribution in [1.82, 2.24) is 29.3 Å². The number of methoxy groups -OCH3 is 1. The molecule has 11 nitrogen and oxygen atoms in total. The van der Waals surface area contributed by atoms with Crippen molar-refractivity contribution in [3.05, 3.63) is 59.8 Å². The normalized spacial score (nSPS) is 16.5. The fraction of sp³-hybridized carbons (Fsp3) is 0.467. The fourth-order valence-electron chi connectivity index (χ4n) is 5.44. The average molecular weight is 564 g/mol. The molecule has 2 amide bonds. The third kappa shape index (κ3) is 6.68. The molecule has 5 rings (SSSR count). The van der Waals surface area contributed by atoms with Crippen LogP contribution in [0.25, 0.3) is 11.2 Å². The number of amides is 2. The van der Waals surface area contributed by atoms with E-state index in [1.807, 2.05) is 54.4 Å². The van der Waals surface area contributed by atoms with E-state index in [-0.39, 0.29) is 19.5 Å². The number of likely N-dealkylation sites (tertiary alicyclic amines) is 1. The molecule has 1 saturated heterocycles. The quantitative estimate of drug-likeness (QED) is 0.414. The zero-order valence-electron chi connectivity index (χ0n) is 24.1. The minimum atomic E-state index is -0.285. The van der Waals surface area contributed by atoms with Crippen LogP contribution < -0.4 is 5.32 Å². The smallest absolute Gasteiger partial charge is 0.410 e. The van der Waals surface area contributed by atoms with Gasteiger partial charge < -0.3 is 29.5 Å². The maximum Gasteiger partial charge on any atom is 0.410 e. The second-order valence-electron chi connectivity index (χ2n) is 10.5. The van der Waals surface area contributed by atoms with Crippen LogP contribution in [0.15, 0.2) is 48.7 Å². The number of benzene rings is 1. The van der Waals surface area contributed by atoms with Crippen LogP contribution in [0.3, 0.4) is 0 Å². The first-order valence-electron chi connectivity index (χ1n) is 14.3. The number of fused-ring (bicyclic) bond motifs is 1. The molecule has 220 valence electrons. The molecule has 0 radical (unpaired) electrons. The highest BCUT2D eigenvalue weighted by molar-refractivity contribution is 5.95. The molecule has 0 spiro atoms. The summed E-state index contributed by atoms with van der Waals surface area (Å²) in [7, 11) is 3.79. The molecule has 0 saturated carbocycles. The first kappa shape index (κ1) is 28.6. The van der Waals surface area contributed by atoms with Gasteiger partial charge in [0.1, 0.15) is 0 Å². The monoisotopic (exact) mass is 563 g/mol. The van der Waals surface area contributed by atoms with Gasteiger partial charge in [0.25, 0.3) is 5.91 Å². The number of carbonyl (C=O) groups excluding carboxylic acids is 2. The van der Waals surface area contributed by atoms with E-state index in [0.717, 1.165) is 48.4 Å². The lowest BCUT2D eigenvalue weighted by molar-refractivity contribution is 0.0505. The van der Waals surface area contributed by atoms with E-state index in [4.69, 9.17) is 14.5 Å². The summed E-state index contributed by atoms with van der Waals surface area (Å²) >= 11 is 0. The van der Waals surface area contributed by atoms with E-state index in [0.29, 0.717) is 50.8 Å². The van der Waals surface area contributed by atoms with Crippen molar-refractivity contribution in [3.8, 4) is 0 Å². The van der Waals surface area contributed by atoms with Crippen LogP contribution in [-0.2, 0) is 9.47 Å². The minimum Gasteiger partial charge on any atom is -0.450 e. The largest absolute Gasteiger partial charge is 0.450 e. The molecule has 1 fully saturated rings. The van der Waals surface area contributed by atoms with E-state index >= 15 is 0 Å². The predicted molar refractivity (Wildman–Crippen MR) is 159 cm³/mol. The number of hydrogen-bond acceptors (Lipinski definition) is 8. The first-order chi connectivity index (χ1) is 20.0. The summed E-state index contributed by atoms with van der Waals surface area (Å²) in [5, 5.41) is 7.88. The minimum absolute atomic E-state index is 0. The summed E-state index contributed by atoms with van der Waals surface area (Å²) in [4.78, 5) is 36.3. The Morgan fingerprint density at radius 2 is 1.93 bits per heavy atom. The van der Waals surface area contributed by atoms with Crippen molar-refractivity contribution in [1.29, 1.82) is 0 Å². The highest BCUT2D eigenvalue weighted by Gasteiger charge is 2.27. The van der Waals surface area contributed by atoms with Crippen molar-refractivity contribution in [2.24, 2.45) is 0 Å². The van der Waals surface area contributed by atoms with Crippen LogP contribution in [-0.4, -0.2) is 107 Å². The number of nitrogens with one attached hydrogen (secondary N) is 1. The van der Waals surface area contributed by atoms with Crippen molar-refractivity contribution < 1.29 is 20.5 Å². The van der Waals surface area contributed by atoms with Gasteiger partial charge in [0.2, 0.25) is 5.95 Å². The SMILES string of the molecule is CCOC(=O)N1CC=C(c2cccn3nc(Nc4ccc(C(=O)N(CCOC)C5CCN(C)CC5)cc4)nc23)CC1.[HH]. The Kier molecular flexibility index (Phi) is 9.15. The molecule has 11 heteroatoms. The van der Waals surface area contributed by atoms with E-state index < -0.39 is 0 Å². The molecule has 4 heterocycles. The summed E-state index contributed by atoms with van der Waals surface area (Å²) in [6.45, 7) is 6.34. The number of anilines is 2. The van der Waals surface area contributed by atoms with Crippen molar-refractivity contribution in [2.45, 2.75) is 32.2 Å². The van der Waals surface area contributed by atoms with Gasteiger partial charge >= 0.3 is 6.09 Å². The second kappa shape index (κ2) is 13.1. The van der Waals surface area contributed by atoms with Crippen molar-refractivity contribution in [2.75, 3.05) is 65.4 Å². The van der Waals surface area contributed by atoms with Gasteiger partial charge in [-0.2, -0.15) is 4.98 Å². The Morgan fingerprint density at radius 1 is 1.15 bits per heavy atom. The van der Waals surface area contributed by atoms with Gasteiger partial charge in [-0.1, -0.05) is 6.08 Å². The van der Waals surface area contributed by atoms with Gasteiger partial charge in [0.05, 0.1) is 13.2 Å². The highest BCUT2D eigenvalue weighted by atomic mass is 16.6. The summed E-state index contributed by atoms with van der Waals surface area (Å²) < 4.78 is 12.2. The number of nitrogens with zero attached hydrogens (tertiary/aromatic N) is 6. The molecule has 1 N–H and O–H groups in total. The third-order valence-corrected chi connectivity index (χ3v) is 7.76. The van der Waals surface area contributed by atoms with Gasteiger partial charge in [-0.05, 0) is 88.3 Å². The van der Waals surface area contributed by atoms with Crippen LogP contribution >= 0.6 is 0 Å². The molecule has 2 aliphatic heterocycles. The van der Waals surface area contributed by atoms with E-state index in [1.54, 1.807) is 16.5 Å². The Labute approximate surface area is 242 Å². The maximum atomic E-state index is 13.5. The van der Waals surface area contributed by atoms with Gasteiger partial charge in [0, 0.05) is 57.2 Å². The summed E-state index contributed by atoms with van der Waals surface area (Å²) in [5.74, 6) is 0.495. The molecule has 2 aromatic heterocycles. The van der Waals surface area contributed by atoms with Crippen LogP contribution in [0, 0.1) is 0 Å². The van der Waals surface area contributed by atoms with E-state index in [2.05, 4.69) is 28.4 Å². The van der Waals surface area contributed by atoms with Gasteiger partial charge in [0.15, 0.2) is 5.65 Å². The zero-order valence-corrected chi connectivity index (χ0v) is 24.1. The predicted octanol–water partition coefficient (Wildman–Crippen LogP) is 4.15. The zero-order chi connectivity index (χ0) is 28.8. The van der Waals surface area contributed by atoms with Crippen LogP contribution in [0.1, 0.15) is 43.5 Å². The average Bonchev–Trinajstić information content (AvgIpc) is 3.41. The van der Waals surface area contributed by atoms with Gasteiger partial charge in [-0.3, -0.25) is 4.79 Å². The van der Waals surface area contributed by atoms with Gasteiger partial charge in [-0.15, -0.1) is 5.10 Å². The first-order valence-corrected chi connectivity index (χ1v) is 14.3. The Bertz CT molecular complexity index is 1390. The summed E-state index contributed by atoms with van der Waals surface area (Å²) in [6, 6.07) is 11.7. The molecule has 0 aliphatic carbocycles. The third-order valence-electron chi connectivity index (χ3n) is 7.76.